The lowest BCUT2D eigenvalue weighted by Crippen LogP contribution is -2.10. The first-order valence-electron chi connectivity index (χ1n) is 16.8. The Morgan fingerprint density at radius 3 is 1.92 bits per heavy atom. The van der Waals surface area contributed by atoms with Crippen LogP contribution in [0.3, 0.4) is 0 Å². The Morgan fingerprint density at radius 1 is 0.400 bits per heavy atom. The molecule has 0 amide bonds. The largest absolute Gasteiger partial charge is 0.453 e. The zero-order valence-corrected chi connectivity index (χ0v) is 28.4. The molecule has 4 heteroatoms. The summed E-state index contributed by atoms with van der Waals surface area (Å²) in [5.41, 5.74) is 7.52. The van der Waals surface area contributed by atoms with Crippen molar-refractivity contribution in [2.24, 2.45) is 0 Å². The minimum absolute atomic E-state index is 0.884. The molecule has 0 unspecified atom stereocenters. The van der Waals surface area contributed by atoms with Crippen molar-refractivity contribution < 1.29 is 4.42 Å². The van der Waals surface area contributed by atoms with E-state index in [0.29, 0.717) is 0 Å². The SMILES string of the molecule is c1ccc2c(c1)ccc1c3cccc(N(c4ccc(-c5cccc6c5sc5ccccc56)cc4)c4cccc5sc6ccccc6c45)c3oc21. The van der Waals surface area contributed by atoms with Gasteiger partial charge in [-0.25, -0.2) is 0 Å². The summed E-state index contributed by atoms with van der Waals surface area (Å²) < 4.78 is 12.1. The third kappa shape index (κ3) is 4.07. The van der Waals surface area contributed by atoms with Gasteiger partial charge in [-0.15, -0.1) is 22.7 Å². The minimum atomic E-state index is 0.884. The lowest BCUT2D eigenvalue weighted by atomic mass is 10.0. The summed E-state index contributed by atoms with van der Waals surface area (Å²) in [6.45, 7) is 0. The van der Waals surface area contributed by atoms with Crippen LogP contribution < -0.4 is 4.90 Å². The van der Waals surface area contributed by atoms with Crippen molar-refractivity contribution in [3.8, 4) is 11.1 Å². The molecule has 0 spiro atoms. The molecule has 0 saturated heterocycles. The van der Waals surface area contributed by atoms with Crippen LogP contribution in [-0.4, -0.2) is 0 Å². The lowest BCUT2D eigenvalue weighted by Gasteiger charge is -2.26. The van der Waals surface area contributed by atoms with Crippen molar-refractivity contribution in [2.75, 3.05) is 4.90 Å². The van der Waals surface area contributed by atoms with Gasteiger partial charge in [0, 0.05) is 62.2 Å². The molecule has 8 aromatic carbocycles. The molecule has 11 rings (SSSR count). The Morgan fingerprint density at radius 2 is 1.04 bits per heavy atom. The van der Waals surface area contributed by atoms with Crippen LogP contribution in [-0.2, 0) is 0 Å². The van der Waals surface area contributed by atoms with Gasteiger partial charge in [-0.1, -0.05) is 115 Å². The van der Waals surface area contributed by atoms with Gasteiger partial charge >= 0.3 is 0 Å². The highest BCUT2D eigenvalue weighted by Gasteiger charge is 2.23. The molecule has 0 aliphatic rings. The molecule has 0 bridgehead atoms. The van der Waals surface area contributed by atoms with Gasteiger partial charge in [0.15, 0.2) is 5.58 Å². The van der Waals surface area contributed by atoms with Crippen molar-refractivity contribution in [3.05, 3.63) is 164 Å². The Labute approximate surface area is 295 Å². The molecule has 50 heavy (non-hydrogen) atoms. The van der Waals surface area contributed by atoms with Crippen LogP contribution in [0.15, 0.2) is 168 Å². The molecule has 0 aliphatic heterocycles. The molecule has 0 N–H and O–H groups in total. The van der Waals surface area contributed by atoms with E-state index in [2.05, 4.69) is 169 Å². The highest BCUT2D eigenvalue weighted by atomic mass is 32.1. The van der Waals surface area contributed by atoms with E-state index < -0.39 is 0 Å². The van der Waals surface area contributed by atoms with Crippen LogP contribution in [0.1, 0.15) is 0 Å². The fourth-order valence-electron chi connectivity index (χ4n) is 7.80. The van der Waals surface area contributed by atoms with Crippen LogP contribution in [0, 0.1) is 0 Å². The zero-order valence-electron chi connectivity index (χ0n) is 26.8. The summed E-state index contributed by atoms with van der Waals surface area (Å²) in [6, 6.07) is 59.4. The highest BCUT2D eigenvalue weighted by molar-refractivity contribution is 7.26. The molecule has 234 valence electrons. The van der Waals surface area contributed by atoms with Crippen LogP contribution in [0.5, 0.6) is 0 Å². The molecule has 0 radical (unpaired) electrons. The lowest BCUT2D eigenvalue weighted by molar-refractivity contribution is 0.673. The van der Waals surface area contributed by atoms with E-state index in [4.69, 9.17) is 4.42 Å². The van der Waals surface area contributed by atoms with Crippen molar-refractivity contribution in [3.63, 3.8) is 0 Å². The third-order valence-electron chi connectivity index (χ3n) is 10.1. The predicted octanol–water partition coefficient (Wildman–Crippen LogP) is 14.6. The smallest absolute Gasteiger partial charge is 0.159 e. The van der Waals surface area contributed by atoms with Gasteiger partial charge in [0.2, 0.25) is 0 Å². The Balaban J connectivity index is 1.16. The second-order valence-electron chi connectivity index (χ2n) is 12.8. The standard InChI is InChI=1S/C46H27NOS2/c1-2-11-31-28(10-1)24-27-35-34-15-8-18-39(45(34)48-44(31)35)47(38-17-9-21-42-43(38)37-13-4-6-20-41(37)49-42)30-25-22-29(23-26-30)32-14-7-16-36-33-12-3-5-19-40(33)50-46(32)36/h1-27H. The van der Waals surface area contributed by atoms with Crippen molar-refractivity contribution in [1.82, 2.24) is 0 Å². The quantitative estimate of drug-likeness (QED) is 0.185. The second kappa shape index (κ2) is 10.8. The fraction of sp³-hybridized carbons (Fsp3) is 0. The van der Waals surface area contributed by atoms with Crippen LogP contribution >= 0.6 is 22.7 Å². The summed E-state index contributed by atoms with van der Waals surface area (Å²) >= 11 is 3.72. The normalized spacial score (nSPS) is 12.0. The average Bonchev–Trinajstić information content (AvgIpc) is 3.87. The molecule has 2 nitrogen and oxygen atoms in total. The van der Waals surface area contributed by atoms with Gasteiger partial charge in [-0.05, 0) is 65.0 Å². The van der Waals surface area contributed by atoms with E-state index in [1.807, 2.05) is 22.7 Å². The van der Waals surface area contributed by atoms with Gasteiger partial charge in [0.1, 0.15) is 5.58 Å². The average molecular weight is 674 g/mol. The number of hydrogen-bond acceptors (Lipinski definition) is 4. The minimum Gasteiger partial charge on any atom is -0.453 e. The van der Waals surface area contributed by atoms with Gasteiger partial charge in [-0.3, -0.25) is 0 Å². The molecule has 0 aliphatic carbocycles. The maximum atomic E-state index is 6.93. The van der Waals surface area contributed by atoms with E-state index in [0.717, 1.165) is 44.4 Å². The van der Waals surface area contributed by atoms with E-state index >= 15 is 0 Å². The highest BCUT2D eigenvalue weighted by Crippen LogP contribution is 2.48. The van der Waals surface area contributed by atoms with Crippen molar-refractivity contribution >= 4 is 113 Å². The summed E-state index contributed by atoms with van der Waals surface area (Å²) in [6.07, 6.45) is 0. The summed E-state index contributed by atoms with van der Waals surface area (Å²) in [5, 5.41) is 9.71. The number of furan rings is 1. The Kier molecular flexibility index (Phi) is 6.03. The van der Waals surface area contributed by atoms with E-state index in [1.54, 1.807) is 0 Å². The number of benzene rings is 8. The van der Waals surface area contributed by atoms with E-state index in [1.165, 1.54) is 56.9 Å². The first-order chi connectivity index (χ1) is 24.8. The number of para-hydroxylation sites is 1. The van der Waals surface area contributed by atoms with Crippen molar-refractivity contribution in [1.29, 1.82) is 0 Å². The monoisotopic (exact) mass is 673 g/mol. The molecule has 0 atom stereocenters. The molecular weight excluding hydrogens is 647 g/mol. The fourth-order valence-corrected chi connectivity index (χ4v) is 10.2. The predicted molar refractivity (Wildman–Crippen MR) is 217 cm³/mol. The van der Waals surface area contributed by atoms with Gasteiger partial charge in [0.25, 0.3) is 0 Å². The summed E-state index contributed by atoms with van der Waals surface area (Å²) in [5.74, 6) is 0. The van der Waals surface area contributed by atoms with Crippen LogP contribution in [0.4, 0.5) is 17.1 Å². The van der Waals surface area contributed by atoms with Crippen molar-refractivity contribution in [2.45, 2.75) is 0 Å². The topological polar surface area (TPSA) is 16.4 Å². The Bertz CT molecular complexity index is 3110. The molecule has 3 heterocycles. The molecule has 3 aromatic heterocycles. The molecular formula is C46H27NOS2. The maximum Gasteiger partial charge on any atom is 0.159 e. The van der Waals surface area contributed by atoms with Gasteiger partial charge in [0.05, 0.1) is 11.4 Å². The van der Waals surface area contributed by atoms with Gasteiger partial charge in [-0.2, -0.15) is 0 Å². The van der Waals surface area contributed by atoms with E-state index in [9.17, 15) is 0 Å². The summed E-state index contributed by atoms with van der Waals surface area (Å²) in [7, 11) is 0. The third-order valence-corrected chi connectivity index (χ3v) is 12.4. The zero-order chi connectivity index (χ0) is 32.8. The number of hydrogen-bond donors (Lipinski definition) is 0. The number of anilines is 3. The van der Waals surface area contributed by atoms with Crippen LogP contribution in [0.2, 0.25) is 0 Å². The number of fused-ring (bicyclic) bond motifs is 11. The maximum absolute atomic E-state index is 6.93. The van der Waals surface area contributed by atoms with E-state index in [-0.39, 0.29) is 0 Å². The number of nitrogens with zero attached hydrogens (tertiary/aromatic N) is 1. The second-order valence-corrected chi connectivity index (χ2v) is 15.0. The van der Waals surface area contributed by atoms with Crippen LogP contribution in [0.25, 0.3) is 84.2 Å². The Hall–Kier alpha value is -5.94. The van der Waals surface area contributed by atoms with Gasteiger partial charge < -0.3 is 9.32 Å². The molecule has 0 saturated carbocycles. The first kappa shape index (κ1) is 28.0. The number of rotatable bonds is 4. The first-order valence-corrected chi connectivity index (χ1v) is 18.5. The summed E-state index contributed by atoms with van der Waals surface area (Å²) in [4.78, 5) is 2.40. The molecule has 0 fully saturated rings. The number of thiophene rings is 2. The molecule has 11 aromatic rings.